The number of nitrogen functional groups attached to an aromatic ring is 1. The smallest absolute Gasteiger partial charge is 0.345 e. The van der Waals surface area contributed by atoms with Gasteiger partial charge in [0.15, 0.2) is 0 Å². The van der Waals surface area contributed by atoms with Gasteiger partial charge in [0.25, 0.3) is 0 Å². The molecule has 5 heteroatoms. The first-order valence-corrected chi connectivity index (χ1v) is 4.44. The van der Waals surface area contributed by atoms with Crippen LogP contribution in [-0.4, -0.2) is 16.9 Å². The molecule has 0 unspecified atom stereocenters. The molecule has 0 spiro atoms. The van der Waals surface area contributed by atoms with E-state index in [2.05, 4.69) is 0 Å². The van der Waals surface area contributed by atoms with E-state index in [0.717, 1.165) is 0 Å². The lowest BCUT2D eigenvalue weighted by Gasteiger charge is -2.31. The summed E-state index contributed by atoms with van der Waals surface area (Å²) in [6, 6.07) is 2.65. The quantitative estimate of drug-likeness (QED) is 0.382. The van der Waals surface area contributed by atoms with Crippen LogP contribution in [0.3, 0.4) is 0 Å². The van der Waals surface area contributed by atoms with Crippen LogP contribution in [0.4, 0.5) is 5.69 Å². The number of esters is 1. The van der Waals surface area contributed by atoms with Crippen molar-refractivity contribution >= 4 is 11.7 Å². The Morgan fingerprint density at radius 1 is 1.33 bits per heavy atom. The fourth-order valence-corrected chi connectivity index (χ4v) is 1.39. The van der Waals surface area contributed by atoms with E-state index >= 15 is 0 Å². The zero-order valence-corrected chi connectivity index (χ0v) is 8.40. The number of aromatic hydroxyl groups is 1. The molecule has 1 aromatic carbocycles. The number of phenols is 1. The molecule has 80 valence electrons. The van der Waals surface area contributed by atoms with E-state index in [4.69, 9.17) is 15.2 Å². The van der Waals surface area contributed by atoms with E-state index in [1.54, 1.807) is 13.8 Å². The molecule has 0 aromatic heterocycles. The van der Waals surface area contributed by atoms with Gasteiger partial charge in [0.05, 0.1) is 5.69 Å². The summed E-state index contributed by atoms with van der Waals surface area (Å²) < 4.78 is 10.4. The van der Waals surface area contributed by atoms with Gasteiger partial charge in [-0.3, -0.25) is 0 Å². The molecule has 1 heterocycles. The van der Waals surface area contributed by atoms with Crippen LogP contribution in [-0.2, 0) is 4.74 Å². The zero-order valence-electron chi connectivity index (χ0n) is 8.40. The van der Waals surface area contributed by atoms with E-state index in [0.29, 0.717) is 0 Å². The molecule has 0 saturated heterocycles. The second-order valence-electron chi connectivity index (χ2n) is 3.80. The third kappa shape index (κ3) is 1.56. The number of ether oxygens (including phenoxy) is 2. The van der Waals surface area contributed by atoms with E-state index < -0.39 is 11.8 Å². The molecule has 3 N–H and O–H groups in total. The standard InChI is InChI=1S/C10H11NO4/c1-10(2)14-8-4-7(12)6(11)3-5(8)9(13)15-10/h3-4,12H,11H2,1-2H3. The third-order valence-electron chi connectivity index (χ3n) is 2.04. The van der Waals surface area contributed by atoms with E-state index in [1.165, 1.54) is 12.1 Å². The monoisotopic (exact) mass is 209 g/mol. The number of nitrogens with two attached hydrogens (primary N) is 1. The van der Waals surface area contributed by atoms with Gasteiger partial charge in [0, 0.05) is 19.9 Å². The van der Waals surface area contributed by atoms with Gasteiger partial charge in [-0.1, -0.05) is 0 Å². The Bertz CT molecular complexity index is 439. The first-order valence-electron chi connectivity index (χ1n) is 4.44. The third-order valence-corrected chi connectivity index (χ3v) is 2.04. The van der Waals surface area contributed by atoms with Crippen LogP contribution in [0.5, 0.6) is 11.5 Å². The van der Waals surface area contributed by atoms with Crippen LogP contribution in [0.1, 0.15) is 24.2 Å². The number of fused-ring (bicyclic) bond motifs is 1. The lowest BCUT2D eigenvalue weighted by Crippen LogP contribution is -2.38. The number of anilines is 1. The Kier molecular flexibility index (Phi) is 1.79. The maximum Gasteiger partial charge on any atom is 0.345 e. The van der Waals surface area contributed by atoms with Crippen LogP contribution in [0.25, 0.3) is 0 Å². The molecule has 0 atom stereocenters. The summed E-state index contributed by atoms with van der Waals surface area (Å²) in [6.07, 6.45) is 0. The minimum absolute atomic E-state index is 0.112. The molecular weight excluding hydrogens is 198 g/mol. The summed E-state index contributed by atoms with van der Waals surface area (Å²) >= 11 is 0. The summed E-state index contributed by atoms with van der Waals surface area (Å²) in [7, 11) is 0. The molecule has 5 nitrogen and oxygen atoms in total. The summed E-state index contributed by atoms with van der Waals surface area (Å²) in [5.74, 6) is -1.36. The largest absolute Gasteiger partial charge is 0.506 e. The van der Waals surface area contributed by atoms with Crippen molar-refractivity contribution in [1.29, 1.82) is 0 Å². The summed E-state index contributed by atoms with van der Waals surface area (Å²) in [5.41, 5.74) is 5.81. The van der Waals surface area contributed by atoms with Gasteiger partial charge < -0.3 is 20.3 Å². The zero-order chi connectivity index (χ0) is 11.2. The molecule has 0 saturated carbocycles. The topological polar surface area (TPSA) is 81.8 Å². The molecule has 0 aliphatic carbocycles. The van der Waals surface area contributed by atoms with Crippen LogP contribution in [0, 0.1) is 0 Å². The predicted molar refractivity (Wildman–Crippen MR) is 52.6 cm³/mol. The Labute approximate surface area is 86.4 Å². The lowest BCUT2D eigenvalue weighted by molar-refractivity contribution is -0.127. The van der Waals surface area contributed by atoms with E-state index in [9.17, 15) is 9.90 Å². The number of carbonyl (C=O) groups excluding carboxylic acids is 1. The van der Waals surface area contributed by atoms with Gasteiger partial charge in [-0.05, 0) is 6.07 Å². The number of carbonyl (C=O) groups is 1. The van der Waals surface area contributed by atoms with Crippen molar-refractivity contribution in [3.05, 3.63) is 17.7 Å². The highest BCUT2D eigenvalue weighted by Crippen LogP contribution is 2.36. The molecule has 1 aliphatic heterocycles. The Morgan fingerprint density at radius 2 is 2.00 bits per heavy atom. The van der Waals surface area contributed by atoms with Crippen LogP contribution < -0.4 is 10.5 Å². The molecule has 0 amide bonds. The van der Waals surface area contributed by atoms with E-state index in [-0.39, 0.29) is 22.7 Å². The highest BCUT2D eigenvalue weighted by atomic mass is 16.7. The average Bonchev–Trinajstić information content (AvgIpc) is 2.07. The fourth-order valence-electron chi connectivity index (χ4n) is 1.39. The average molecular weight is 209 g/mol. The van der Waals surface area contributed by atoms with Gasteiger partial charge >= 0.3 is 5.97 Å². The maximum absolute atomic E-state index is 11.5. The highest BCUT2D eigenvalue weighted by Gasteiger charge is 2.34. The molecule has 0 bridgehead atoms. The normalized spacial score (nSPS) is 17.6. The molecule has 1 aromatic rings. The van der Waals surface area contributed by atoms with Gasteiger partial charge in [0.1, 0.15) is 17.1 Å². The number of benzene rings is 1. The first-order chi connectivity index (χ1) is 6.89. The van der Waals surface area contributed by atoms with Crippen molar-refractivity contribution < 1.29 is 19.4 Å². The van der Waals surface area contributed by atoms with Crippen molar-refractivity contribution in [2.45, 2.75) is 19.6 Å². The van der Waals surface area contributed by atoms with Crippen molar-refractivity contribution in [2.24, 2.45) is 0 Å². The Hall–Kier alpha value is -1.91. The molecule has 0 radical (unpaired) electrons. The minimum atomic E-state index is -1.02. The Balaban J connectivity index is 2.56. The van der Waals surface area contributed by atoms with Gasteiger partial charge in [-0.25, -0.2) is 4.79 Å². The van der Waals surface area contributed by atoms with Crippen LogP contribution >= 0.6 is 0 Å². The van der Waals surface area contributed by atoms with Crippen LogP contribution in [0.2, 0.25) is 0 Å². The molecule has 0 fully saturated rings. The Morgan fingerprint density at radius 3 is 2.67 bits per heavy atom. The van der Waals surface area contributed by atoms with Crippen molar-refractivity contribution in [3.8, 4) is 11.5 Å². The molecule has 2 rings (SSSR count). The number of phenolic OH excluding ortho intramolecular Hbond substituents is 1. The number of rotatable bonds is 0. The van der Waals surface area contributed by atoms with Crippen molar-refractivity contribution in [2.75, 3.05) is 5.73 Å². The molecule has 1 aliphatic rings. The second kappa shape index (κ2) is 2.79. The van der Waals surface area contributed by atoms with Gasteiger partial charge in [-0.15, -0.1) is 0 Å². The summed E-state index contributed by atoms with van der Waals surface area (Å²) in [5, 5.41) is 9.37. The highest BCUT2D eigenvalue weighted by molar-refractivity contribution is 5.95. The second-order valence-corrected chi connectivity index (χ2v) is 3.80. The first kappa shape index (κ1) is 9.64. The summed E-state index contributed by atoms with van der Waals surface area (Å²) in [4.78, 5) is 11.5. The van der Waals surface area contributed by atoms with Gasteiger partial charge in [0.2, 0.25) is 5.79 Å². The maximum atomic E-state index is 11.5. The van der Waals surface area contributed by atoms with Gasteiger partial charge in [-0.2, -0.15) is 0 Å². The molecule has 15 heavy (non-hydrogen) atoms. The number of hydrogen-bond acceptors (Lipinski definition) is 5. The SMILES string of the molecule is CC1(C)OC(=O)c2cc(N)c(O)cc2O1. The fraction of sp³-hybridized carbons (Fsp3) is 0.300. The molecular formula is C10H11NO4. The van der Waals surface area contributed by atoms with E-state index in [1.807, 2.05) is 0 Å². The predicted octanol–water partition coefficient (Wildman–Crippen LogP) is 1.26. The number of hydrogen-bond donors (Lipinski definition) is 2. The van der Waals surface area contributed by atoms with Crippen LogP contribution in [0.15, 0.2) is 12.1 Å². The summed E-state index contributed by atoms with van der Waals surface area (Å²) in [6.45, 7) is 3.22. The number of cyclic esters (lactones) is 1. The van der Waals surface area contributed by atoms with Crippen molar-refractivity contribution in [1.82, 2.24) is 0 Å². The van der Waals surface area contributed by atoms with Crippen molar-refractivity contribution in [3.63, 3.8) is 0 Å². The minimum Gasteiger partial charge on any atom is -0.506 e. The lowest BCUT2D eigenvalue weighted by atomic mass is 10.1.